The predicted molar refractivity (Wildman–Crippen MR) is 91.1 cm³/mol. The standard InChI is InChI=1S/C17H14ClN3O2/c1-2-21-14-9-4-3-8-13(14)16(22)15(20-21)17(23)19-12-7-5-6-11(18)10-12/h3-10H,2H2,1H3,(H,19,23). The Kier molecular flexibility index (Phi) is 4.12. The summed E-state index contributed by atoms with van der Waals surface area (Å²) in [7, 11) is 0. The molecule has 0 saturated carbocycles. The summed E-state index contributed by atoms with van der Waals surface area (Å²) in [6, 6.07) is 13.8. The molecule has 23 heavy (non-hydrogen) atoms. The highest BCUT2D eigenvalue weighted by atomic mass is 35.5. The van der Waals surface area contributed by atoms with E-state index < -0.39 is 5.91 Å². The fourth-order valence-electron chi connectivity index (χ4n) is 2.38. The molecule has 0 bridgehead atoms. The molecule has 3 rings (SSSR count). The molecule has 1 N–H and O–H groups in total. The summed E-state index contributed by atoms with van der Waals surface area (Å²) in [6.45, 7) is 2.46. The average Bonchev–Trinajstić information content (AvgIpc) is 2.55. The summed E-state index contributed by atoms with van der Waals surface area (Å²) in [5.41, 5.74) is 0.703. The van der Waals surface area contributed by atoms with Crippen LogP contribution < -0.4 is 10.7 Å². The largest absolute Gasteiger partial charge is 0.320 e. The summed E-state index contributed by atoms with van der Waals surface area (Å²) in [5.74, 6) is -0.551. The quantitative estimate of drug-likeness (QED) is 0.802. The first-order valence-corrected chi connectivity index (χ1v) is 7.54. The zero-order valence-corrected chi connectivity index (χ0v) is 13.2. The molecule has 2 aromatic carbocycles. The van der Waals surface area contributed by atoms with E-state index in [9.17, 15) is 9.59 Å². The Morgan fingerprint density at radius 2 is 2.00 bits per heavy atom. The molecular weight excluding hydrogens is 314 g/mol. The van der Waals surface area contributed by atoms with E-state index in [0.717, 1.165) is 0 Å². The van der Waals surface area contributed by atoms with Crippen LogP contribution in [0.25, 0.3) is 10.9 Å². The highest BCUT2D eigenvalue weighted by Gasteiger charge is 2.17. The van der Waals surface area contributed by atoms with Crippen molar-refractivity contribution in [2.45, 2.75) is 13.5 Å². The van der Waals surface area contributed by atoms with Crippen LogP contribution >= 0.6 is 11.6 Å². The lowest BCUT2D eigenvalue weighted by atomic mass is 10.2. The Labute approximate surface area is 137 Å². The number of nitrogens with one attached hydrogen (secondary N) is 1. The highest BCUT2D eigenvalue weighted by Crippen LogP contribution is 2.16. The number of fused-ring (bicyclic) bond motifs is 1. The summed E-state index contributed by atoms with van der Waals surface area (Å²) in [4.78, 5) is 25.0. The van der Waals surface area contributed by atoms with Gasteiger partial charge < -0.3 is 5.32 Å². The van der Waals surface area contributed by atoms with Crippen molar-refractivity contribution in [1.82, 2.24) is 9.78 Å². The summed E-state index contributed by atoms with van der Waals surface area (Å²) in [5, 5.41) is 7.83. The zero-order chi connectivity index (χ0) is 16.4. The van der Waals surface area contributed by atoms with Gasteiger partial charge in [0.1, 0.15) is 0 Å². The molecule has 0 fully saturated rings. The second-order valence-electron chi connectivity index (χ2n) is 4.98. The fraction of sp³-hybridized carbons (Fsp3) is 0.118. The molecule has 0 unspecified atom stereocenters. The van der Waals surface area contributed by atoms with E-state index in [2.05, 4.69) is 10.4 Å². The van der Waals surface area contributed by atoms with Crippen LogP contribution in [-0.4, -0.2) is 15.7 Å². The van der Waals surface area contributed by atoms with Crippen LogP contribution in [0.2, 0.25) is 5.02 Å². The third-order valence-corrected chi connectivity index (χ3v) is 3.69. The van der Waals surface area contributed by atoms with Gasteiger partial charge >= 0.3 is 0 Å². The summed E-state index contributed by atoms with van der Waals surface area (Å²) >= 11 is 5.90. The van der Waals surface area contributed by atoms with Crippen molar-refractivity contribution in [3.8, 4) is 0 Å². The minimum Gasteiger partial charge on any atom is -0.320 e. The lowest BCUT2D eigenvalue weighted by molar-refractivity contribution is 0.101. The van der Waals surface area contributed by atoms with Gasteiger partial charge in [-0.25, -0.2) is 0 Å². The second kappa shape index (κ2) is 6.22. The Morgan fingerprint density at radius 3 is 2.74 bits per heavy atom. The summed E-state index contributed by atoms with van der Waals surface area (Å²) < 4.78 is 1.64. The van der Waals surface area contributed by atoms with Gasteiger partial charge in [0.15, 0.2) is 5.69 Å². The van der Waals surface area contributed by atoms with Gasteiger partial charge in [0.25, 0.3) is 5.91 Å². The van der Waals surface area contributed by atoms with Gasteiger partial charge in [-0.3, -0.25) is 14.3 Å². The molecule has 116 valence electrons. The number of hydrogen-bond donors (Lipinski definition) is 1. The second-order valence-corrected chi connectivity index (χ2v) is 5.41. The maximum absolute atomic E-state index is 12.5. The maximum Gasteiger partial charge on any atom is 0.280 e. The SMILES string of the molecule is CCn1nc(C(=O)Nc2cccc(Cl)c2)c(=O)c2ccccc21. The van der Waals surface area contributed by atoms with E-state index in [1.54, 1.807) is 41.1 Å². The topological polar surface area (TPSA) is 64.0 Å². The van der Waals surface area contributed by atoms with E-state index in [4.69, 9.17) is 11.6 Å². The van der Waals surface area contributed by atoms with E-state index in [-0.39, 0.29) is 11.1 Å². The molecule has 0 aliphatic heterocycles. The van der Waals surface area contributed by atoms with Gasteiger partial charge in [0, 0.05) is 22.6 Å². The van der Waals surface area contributed by atoms with E-state index in [1.807, 2.05) is 19.1 Å². The molecule has 6 heteroatoms. The number of aromatic nitrogens is 2. The number of amides is 1. The van der Waals surface area contributed by atoms with Gasteiger partial charge in [-0.2, -0.15) is 5.10 Å². The number of carbonyl (C=O) groups is 1. The Hall–Kier alpha value is -2.66. The van der Waals surface area contributed by atoms with Crippen molar-refractivity contribution >= 4 is 34.1 Å². The number of nitrogens with zero attached hydrogens (tertiary/aromatic N) is 2. The number of aryl methyl sites for hydroxylation is 1. The first-order chi connectivity index (χ1) is 11.1. The number of carbonyl (C=O) groups excluding carboxylic acids is 1. The van der Waals surface area contributed by atoms with Crippen LogP contribution in [0.1, 0.15) is 17.4 Å². The first-order valence-electron chi connectivity index (χ1n) is 7.17. The molecule has 5 nitrogen and oxygen atoms in total. The number of halogens is 1. The summed E-state index contributed by atoms with van der Waals surface area (Å²) in [6.07, 6.45) is 0. The average molecular weight is 328 g/mol. The van der Waals surface area contributed by atoms with E-state index in [1.165, 1.54) is 0 Å². The molecule has 0 aliphatic rings. The van der Waals surface area contributed by atoms with Crippen LogP contribution in [-0.2, 0) is 6.54 Å². The van der Waals surface area contributed by atoms with E-state index in [0.29, 0.717) is 28.2 Å². The van der Waals surface area contributed by atoms with Crippen molar-refractivity contribution < 1.29 is 4.79 Å². The Morgan fingerprint density at radius 1 is 1.22 bits per heavy atom. The van der Waals surface area contributed by atoms with Crippen LogP contribution in [0.3, 0.4) is 0 Å². The van der Waals surface area contributed by atoms with E-state index >= 15 is 0 Å². The first kappa shape index (κ1) is 15.2. The number of rotatable bonds is 3. The third-order valence-electron chi connectivity index (χ3n) is 3.46. The van der Waals surface area contributed by atoms with Crippen molar-refractivity contribution in [2.24, 2.45) is 0 Å². The highest BCUT2D eigenvalue weighted by molar-refractivity contribution is 6.30. The lowest BCUT2D eigenvalue weighted by Gasteiger charge is -2.10. The van der Waals surface area contributed by atoms with Gasteiger partial charge in [0.05, 0.1) is 5.52 Å². The van der Waals surface area contributed by atoms with Gasteiger partial charge in [0.2, 0.25) is 5.43 Å². The zero-order valence-electron chi connectivity index (χ0n) is 12.4. The van der Waals surface area contributed by atoms with Crippen LogP contribution in [0.15, 0.2) is 53.3 Å². The molecule has 3 aromatic rings. The molecule has 0 saturated heterocycles. The molecule has 0 atom stereocenters. The minimum atomic E-state index is -0.551. The van der Waals surface area contributed by atoms with Gasteiger partial charge in [-0.1, -0.05) is 29.8 Å². The molecule has 0 radical (unpaired) electrons. The van der Waals surface area contributed by atoms with Gasteiger partial charge in [-0.15, -0.1) is 0 Å². The lowest BCUT2D eigenvalue weighted by Crippen LogP contribution is -2.27. The number of benzene rings is 2. The molecule has 1 amide bonds. The van der Waals surface area contributed by atoms with Crippen molar-refractivity contribution in [1.29, 1.82) is 0 Å². The van der Waals surface area contributed by atoms with Gasteiger partial charge in [-0.05, 0) is 37.3 Å². The van der Waals surface area contributed by atoms with Crippen molar-refractivity contribution in [3.05, 3.63) is 69.5 Å². The Bertz CT molecular complexity index is 950. The normalized spacial score (nSPS) is 10.7. The molecule has 0 spiro atoms. The molecule has 1 heterocycles. The number of para-hydroxylation sites is 1. The fourth-order valence-corrected chi connectivity index (χ4v) is 2.57. The monoisotopic (exact) mass is 327 g/mol. The number of hydrogen-bond acceptors (Lipinski definition) is 3. The smallest absolute Gasteiger partial charge is 0.280 e. The Balaban J connectivity index is 2.07. The van der Waals surface area contributed by atoms with Crippen molar-refractivity contribution in [2.75, 3.05) is 5.32 Å². The van der Waals surface area contributed by atoms with Crippen LogP contribution in [0.5, 0.6) is 0 Å². The third kappa shape index (κ3) is 2.96. The molecule has 1 aromatic heterocycles. The van der Waals surface area contributed by atoms with Crippen molar-refractivity contribution in [3.63, 3.8) is 0 Å². The maximum atomic E-state index is 12.5. The number of anilines is 1. The minimum absolute atomic E-state index is 0.134. The van der Waals surface area contributed by atoms with Crippen LogP contribution in [0, 0.1) is 0 Å². The predicted octanol–water partition coefficient (Wildman–Crippen LogP) is 3.32. The molecular formula is C17H14ClN3O2. The van der Waals surface area contributed by atoms with Crippen LogP contribution in [0.4, 0.5) is 5.69 Å². The molecule has 0 aliphatic carbocycles.